The molecule has 1 heterocycles. The van der Waals surface area contributed by atoms with Crippen molar-refractivity contribution in [3.05, 3.63) is 69.3 Å². The number of hydrogen-bond donors (Lipinski definition) is 1. The number of aliphatic imine (C=N–C) groups is 1. The molecule has 5 heteroatoms. The fraction of sp³-hybridized carbons (Fsp3) is 0.125. The van der Waals surface area contributed by atoms with Crippen LogP contribution < -0.4 is 5.73 Å². The quantitative estimate of drug-likeness (QED) is 0.673. The largest absolute Gasteiger partial charge is 0.623 e. The monoisotopic (exact) mass is 343 g/mol. The van der Waals surface area contributed by atoms with Gasteiger partial charge in [0.1, 0.15) is 0 Å². The molecule has 2 aromatic carbocycles. The Kier molecular flexibility index (Phi) is 3.86. The van der Waals surface area contributed by atoms with Crippen LogP contribution in [-0.4, -0.2) is 29.3 Å². The lowest BCUT2D eigenvalue weighted by Gasteiger charge is -2.10. The van der Waals surface area contributed by atoms with Gasteiger partial charge in [0.2, 0.25) is 5.71 Å². The van der Waals surface area contributed by atoms with Gasteiger partial charge in [0, 0.05) is 16.6 Å². The average molecular weight is 344 g/mol. The maximum absolute atomic E-state index is 12.6. The second-order valence-electron chi connectivity index (χ2n) is 4.79. The molecule has 0 atom stereocenters. The SMILES string of the molecule is NCC1=Nc2ccc(Br)cc2C(c2ccccc2)=[N+]([O-])C1. The first-order valence-electron chi connectivity index (χ1n) is 6.62. The summed E-state index contributed by atoms with van der Waals surface area (Å²) in [6.45, 7) is 0.462. The molecule has 0 bridgehead atoms. The Bertz CT molecular complexity index is 738. The van der Waals surface area contributed by atoms with Crippen LogP contribution in [0.4, 0.5) is 5.69 Å². The first-order valence-corrected chi connectivity index (χ1v) is 7.42. The fourth-order valence-corrected chi connectivity index (χ4v) is 2.75. The number of nitrogens with two attached hydrogens (primary N) is 1. The van der Waals surface area contributed by atoms with Gasteiger partial charge >= 0.3 is 0 Å². The molecule has 21 heavy (non-hydrogen) atoms. The van der Waals surface area contributed by atoms with E-state index in [1.54, 1.807) is 0 Å². The number of nitrogens with zero attached hydrogens (tertiary/aromatic N) is 2. The molecular formula is C16H14BrN3O. The lowest BCUT2D eigenvalue weighted by molar-refractivity contribution is -0.439. The number of fused-ring (bicyclic) bond motifs is 1. The van der Waals surface area contributed by atoms with Gasteiger partial charge in [-0.2, -0.15) is 4.74 Å². The van der Waals surface area contributed by atoms with Crippen molar-refractivity contribution in [2.75, 3.05) is 13.1 Å². The molecule has 106 valence electrons. The minimum absolute atomic E-state index is 0.188. The van der Waals surface area contributed by atoms with Crippen LogP contribution in [0.25, 0.3) is 0 Å². The highest BCUT2D eigenvalue weighted by atomic mass is 79.9. The van der Waals surface area contributed by atoms with Crippen LogP contribution in [0.15, 0.2) is 58.0 Å². The van der Waals surface area contributed by atoms with E-state index in [0.29, 0.717) is 11.4 Å². The van der Waals surface area contributed by atoms with Crippen molar-refractivity contribution in [2.45, 2.75) is 0 Å². The van der Waals surface area contributed by atoms with Crippen molar-refractivity contribution in [1.29, 1.82) is 0 Å². The third-order valence-electron chi connectivity index (χ3n) is 3.35. The number of rotatable bonds is 2. The van der Waals surface area contributed by atoms with Crippen LogP contribution in [0.3, 0.4) is 0 Å². The highest BCUT2D eigenvalue weighted by molar-refractivity contribution is 9.10. The van der Waals surface area contributed by atoms with E-state index in [-0.39, 0.29) is 13.1 Å². The van der Waals surface area contributed by atoms with Crippen LogP contribution in [0.1, 0.15) is 11.1 Å². The van der Waals surface area contributed by atoms with Gasteiger partial charge in [-0.3, -0.25) is 0 Å². The van der Waals surface area contributed by atoms with Crippen LogP contribution >= 0.6 is 15.9 Å². The lowest BCUT2D eigenvalue weighted by Crippen LogP contribution is -2.26. The minimum atomic E-state index is 0.188. The molecule has 2 aromatic rings. The number of benzene rings is 2. The number of halogens is 1. The molecule has 0 aliphatic carbocycles. The van der Waals surface area contributed by atoms with Gasteiger partial charge in [0.15, 0.2) is 6.54 Å². The summed E-state index contributed by atoms with van der Waals surface area (Å²) in [5.74, 6) is 0. The summed E-state index contributed by atoms with van der Waals surface area (Å²) in [6, 6.07) is 15.4. The smallest absolute Gasteiger partial charge is 0.228 e. The summed E-state index contributed by atoms with van der Waals surface area (Å²) in [6.07, 6.45) is 0. The van der Waals surface area contributed by atoms with Crippen LogP contribution in [0.5, 0.6) is 0 Å². The van der Waals surface area contributed by atoms with Crippen LogP contribution in [-0.2, 0) is 0 Å². The Labute approximate surface area is 131 Å². The van der Waals surface area contributed by atoms with E-state index in [0.717, 1.165) is 26.0 Å². The normalized spacial score (nSPS) is 14.5. The third-order valence-corrected chi connectivity index (χ3v) is 3.84. The van der Waals surface area contributed by atoms with E-state index >= 15 is 0 Å². The van der Waals surface area contributed by atoms with E-state index in [1.807, 2.05) is 48.5 Å². The molecule has 0 saturated heterocycles. The highest BCUT2D eigenvalue weighted by Crippen LogP contribution is 2.28. The second-order valence-corrected chi connectivity index (χ2v) is 5.71. The maximum atomic E-state index is 12.6. The molecule has 0 saturated carbocycles. The second kappa shape index (κ2) is 5.79. The topological polar surface area (TPSA) is 64.4 Å². The van der Waals surface area contributed by atoms with Crippen molar-refractivity contribution >= 4 is 33.0 Å². The van der Waals surface area contributed by atoms with Gasteiger partial charge in [0.05, 0.1) is 17.0 Å². The van der Waals surface area contributed by atoms with Gasteiger partial charge in [-0.15, -0.1) is 0 Å². The third kappa shape index (κ3) is 2.75. The van der Waals surface area contributed by atoms with Crippen LogP contribution in [0, 0.1) is 5.21 Å². The molecule has 0 spiro atoms. The van der Waals surface area contributed by atoms with Gasteiger partial charge in [0.25, 0.3) is 0 Å². The highest BCUT2D eigenvalue weighted by Gasteiger charge is 2.24. The molecular weight excluding hydrogens is 330 g/mol. The molecule has 1 aliphatic rings. The zero-order chi connectivity index (χ0) is 14.8. The van der Waals surface area contributed by atoms with E-state index in [4.69, 9.17) is 5.73 Å². The van der Waals surface area contributed by atoms with E-state index < -0.39 is 0 Å². The molecule has 2 N–H and O–H groups in total. The van der Waals surface area contributed by atoms with Crippen molar-refractivity contribution in [3.8, 4) is 0 Å². The summed E-state index contributed by atoms with van der Waals surface area (Å²) < 4.78 is 1.88. The van der Waals surface area contributed by atoms with Gasteiger partial charge < -0.3 is 10.9 Å². The Morgan fingerprint density at radius 2 is 1.95 bits per heavy atom. The Balaban J connectivity index is 2.27. The molecule has 0 radical (unpaired) electrons. The van der Waals surface area contributed by atoms with Crippen LogP contribution in [0.2, 0.25) is 0 Å². The summed E-state index contributed by atoms with van der Waals surface area (Å²) in [5, 5.41) is 12.6. The standard InChI is InChI=1S/C16H14BrN3O/c17-12-6-7-15-14(8-12)16(11-4-2-1-3-5-11)20(21)10-13(9-18)19-15/h1-8H,9-10,18H2. The molecule has 0 fully saturated rings. The van der Waals surface area contributed by atoms with Crippen molar-refractivity contribution < 1.29 is 4.74 Å². The average Bonchev–Trinajstić information content (AvgIpc) is 2.63. The summed E-state index contributed by atoms with van der Waals surface area (Å²) in [5.41, 5.74) is 9.46. The molecule has 1 aliphatic heterocycles. The molecule has 4 nitrogen and oxygen atoms in total. The molecule has 0 aromatic heterocycles. The van der Waals surface area contributed by atoms with Gasteiger partial charge in [-0.05, 0) is 30.3 Å². The summed E-state index contributed by atoms with van der Waals surface area (Å²) >= 11 is 3.46. The first-order chi connectivity index (χ1) is 10.2. The zero-order valence-electron chi connectivity index (χ0n) is 11.3. The Morgan fingerprint density at radius 1 is 1.19 bits per heavy atom. The number of hydrogen-bond acceptors (Lipinski definition) is 3. The first kappa shape index (κ1) is 14.0. The maximum Gasteiger partial charge on any atom is 0.228 e. The Morgan fingerprint density at radius 3 is 2.67 bits per heavy atom. The predicted molar refractivity (Wildman–Crippen MR) is 88.4 cm³/mol. The molecule has 0 amide bonds. The zero-order valence-corrected chi connectivity index (χ0v) is 12.9. The molecule has 3 rings (SSSR count). The van der Waals surface area contributed by atoms with Crippen molar-refractivity contribution in [1.82, 2.24) is 0 Å². The van der Waals surface area contributed by atoms with Crippen molar-refractivity contribution in [3.63, 3.8) is 0 Å². The van der Waals surface area contributed by atoms with E-state index in [9.17, 15) is 5.21 Å². The molecule has 0 unspecified atom stereocenters. The van der Waals surface area contributed by atoms with E-state index in [2.05, 4.69) is 20.9 Å². The fourth-order valence-electron chi connectivity index (χ4n) is 2.39. The summed E-state index contributed by atoms with van der Waals surface area (Å²) in [4.78, 5) is 4.53. The van der Waals surface area contributed by atoms with Crippen molar-refractivity contribution in [2.24, 2.45) is 10.7 Å². The predicted octanol–water partition coefficient (Wildman–Crippen LogP) is 2.84. The minimum Gasteiger partial charge on any atom is -0.623 e. The lowest BCUT2D eigenvalue weighted by atomic mass is 10.0. The summed E-state index contributed by atoms with van der Waals surface area (Å²) in [7, 11) is 0. The van der Waals surface area contributed by atoms with Gasteiger partial charge in [-0.1, -0.05) is 34.1 Å². The number of hydroxylamine groups is 1. The van der Waals surface area contributed by atoms with Gasteiger partial charge in [-0.25, -0.2) is 4.99 Å². The Hall–Kier alpha value is -1.98. The van der Waals surface area contributed by atoms with E-state index in [1.165, 1.54) is 0 Å².